The third-order valence-electron chi connectivity index (χ3n) is 4.70. The van der Waals surface area contributed by atoms with Crippen molar-refractivity contribution in [1.29, 1.82) is 0 Å². The minimum absolute atomic E-state index is 0. The summed E-state index contributed by atoms with van der Waals surface area (Å²) in [5.41, 5.74) is 2.15. The Labute approximate surface area is 199 Å². The normalized spacial score (nSPS) is 10.3. The van der Waals surface area contributed by atoms with Gasteiger partial charge in [0.2, 0.25) is 0 Å². The summed E-state index contributed by atoms with van der Waals surface area (Å²) in [4.78, 5) is 2.44. The van der Waals surface area contributed by atoms with Crippen molar-refractivity contribution in [2.24, 2.45) is 0 Å². The standard InChI is InChI=1S/C23H33ClN2O2.2ClH/c1-4-26(5-2)15-9-14-25-17-19-12-13-22(23(16-19)27-6-3)28-18-20-10-7-8-11-21(20)24;;/h7-8,10-13,16,25H,4-6,9,14-15,17-18H2,1-3H3;2*1H. The first-order valence-electron chi connectivity index (χ1n) is 10.2. The highest BCUT2D eigenvalue weighted by Gasteiger charge is 2.08. The fourth-order valence-electron chi connectivity index (χ4n) is 3.02. The zero-order valence-corrected chi connectivity index (χ0v) is 20.5. The molecule has 0 saturated heterocycles. The predicted molar refractivity (Wildman–Crippen MR) is 132 cm³/mol. The highest BCUT2D eigenvalue weighted by Crippen LogP contribution is 2.30. The second kappa shape index (κ2) is 16.5. The zero-order valence-electron chi connectivity index (χ0n) is 18.2. The predicted octanol–water partition coefficient (Wildman–Crippen LogP) is 5.98. The van der Waals surface area contributed by atoms with Crippen molar-refractivity contribution in [3.63, 3.8) is 0 Å². The molecule has 0 heterocycles. The van der Waals surface area contributed by atoms with Crippen LogP contribution in [0.15, 0.2) is 42.5 Å². The van der Waals surface area contributed by atoms with Crippen molar-refractivity contribution >= 4 is 36.4 Å². The Morgan fingerprint density at radius 2 is 1.67 bits per heavy atom. The maximum atomic E-state index is 6.22. The quantitative estimate of drug-likeness (QED) is 0.360. The van der Waals surface area contributed by atoms with Gasteiger partial charge in [-0.1, -0.05) is 49.7 Å². The van der Waals surface area contributed by atoms with Gasteiger partial charge < -0.3 is 19.7 Å². The molecule has 2 aromatic rings. The van der Waals surface area contributed by atoms with Crippen LogP contribution in [-0.2, 0) is 13.2 Å². The molecule has 7 heteroatoms. The number of nitrogens with zero attached hydrogens (tertiary/aromatic N) is 1. The van der Waals surface area contributed by atoms with Crippen LogP contribution < -0.4 is 14.8 Å². The smallest absolute Gasteiger partial charge is 0.161 e. The summed E-state index contributed by atoms with van der Waals surface area (Å²) in [6.45, 7) is 12.6. The van der Waals surface area contributed by atoms with E-state index >= 15 is 0 Å². The Bertz CT molecular complexity index is 713. The maximum Gasteiger partial charge on any atom is 0.161 e. The zero-order chi connectivity index (χ0) is 20.2. The monoisotopic (exact) mass is 476 g/mol. The van der Waals surface area contributed by atoms with Gasteiger partial charge in [-0.3, -0.25) is 0 Å². The highest BCUT2D eigenvalue weighted by molar-refractivity contribution is 6.31. The van der Waals surface area contributed by atoms with Gasteiger partial charge in [0.1, 0.15) is 6.61 Å². The summed E-state index contributed by atoms with van der Waals surface area (Å²) in [6, 6.07) is 13.8. The summed E-state index contributed by atoms with van der Waals surface area (Å²) in [7, 11) is 0. The summed E-state index contributed by atoms with van der Waals surface area (Å²) in [5.74, 6) is 1.52. The lowest BCUT2D eigenvalue weighted by molar-refractivity contribution is 0.269. The van der Waals surface area contributed by atoms with Gasteiger partial charge in [0.05, 0.1) is 6.61 Å². The number of halogens is 3. The molecule has 0 aliphatic rings. The van der Waals surface area contributed by atoms with Crippen molar-refractivity contribution in [3.8, 4) is 11.5 Å². The number of rotatable bonds is 13. The van der Waals surface area contributed by atoms with Gasteiger partial charge >= 0.3 is 0 Å². The third kappa shape index (κ3) is 9.76. The van der Waals surface area contributed by atoms with Crippen LogP contribution in [0.3, 0.4) is 0 Å². The topological polar surface area (TPSA) is 33.7 Å². The third-order valence-corrected chi connectivity index (χ3v) is 5.07. The first-order valence-corrected chi connectivity index (χ1v) is 10.6. The van der Waals surface area contributed by atoms with Crippen LogP contribution in [0.2, 0.25) is 5.02 Å². The van der Waals surface area contributed by atoms with Crippen LogP contribution in [0.25, 0.3) is 0 Å². The van der Waals surface area contributed by atoms with E-state index in [0.717, 1.165) is 56.2 Å². The lowest BCUT2D eigenvalue weighted by Crippen LogP contribution is -2.27. The number of nitrogens with one attached hydrogen (secondary N) is 1. The van der Waals surface area contributed by atoms with Crippen LogP contribution in [-0.4, -0.2) is 37.7 Å². The Hall–Kier alpha value is -1.17. The molecule has 2 aromatic carbocycles. The minimum Gasteiger partial charge on any atom is -0.490 e. The Balaban J connectivity index is 0.00000420. The van der Waals surface area contributed by atoms with Crippen LogP contribution in [0.5, 0.6) is 11.5 Å². The van der Waals surface area contributed by atoms with E-state index < -0.39 is 0 Å². The second-order valence-electron chi connectivity index (χ2n) is 6.65. The maximum absolute atomic E-state index is 6.22. The fraction of sp³-hybridized carbons (Fsp3) is 0.478. The van der Waals surface area contributed by atoms with Gasteiger partial charge in [-0.05, 0) is 63.3 Å². The van der Waals surface area contributed by atoms with Gasteiger partial charge in [-0.25, -0.2) is 0 Å². The van der Waals surface area contributed by atoms with Crippen LogP contribution >= 0.6 is 36.4 Å². The largest absolute Gasteiger partial charge is 0.490 e. The van der Waals surface area contributed by atoms with Crippen molar-refractivity contribution in [3.05, 3.63) is 58.6 Å². The molecule has 0 unspecified atom stereocenters. The second-order valence-corrected chi connectivity index (χ2v) is 7.06. The SMILES string of the molecule is CCOc1cc(CNCCCN(CC)CC)ccc1OCc1ccccc1Cl.Cl.Cl. The fourth-order valence-corrected chi connectivity index (χ4v) is 3.21. The number of hydrogen-bond donors (Lipinski definition) is 1. The van der Waals surface area contributed by atoms with Crippen molar-refractivity contribution in [2.45, 2.75) is 40.3 Å². The Kier molecular flexibility index (Phi) is 15.9. The molecule has 0 radical (unpaired) electrons. The van der Waals surface area contributed by atoms with Gasteiger partial charge in [0.15, 0.2) is 11.5 Å². The molecule has 0 aliphatic carbocycles. The molecule has 0 atom stereocenters. The molecular weight excluding hydrogens is 443 g/mol. The lowest BCUT2D eigenvalue weighted by atomic mass is 10.2. The van der Waals surface area contributed by atoms with Crippen molar-refractivity contribution in [1.82, 2.24) is 10.2 Å². The molecule has 0 aromatic heterocycles. The molecule has 170 valence electrons. The average Bonchev–Trinajstić information content (AvgIpc) is 2.71. The molecule has 0 saturated carbocycles. The Morgan fingerprint density at radius 1 is 0.933 bits per heavy atom. The van der Waals surface area contributed by atoms with E-state index in [0.29, 0.717) is 18.2 Å². The molecule has 0 fully saturated rings. The summed E-state index contributed by atoms with van der Waals surface area (Å²) < 4.78 is 11.8. The minimum atomic E-state index is 0. The lowest BCUT2D eigenvalue weighted by Gasteiger charge is -2.18. The van der Waals surface area contributed by atoms with Gasteiger partial charge in [0.25, 0.3) is 0 Å². The molecule has 0 bridgehead atoms. The summed E-state index contributed by atoms with van der Waals surface area (Å²) >= 11 is 6.22. The van der Waals surface area contributed by atoms with E-state index in [1.165, 1.54) is 5.56 Å². The van der Waals surface area contributed by atoms with Crippen LogP contribution in [0, 0.1) is 0 Å². The molecule has 4 nitrogen and oxygen atoms in total. The molecule has 0 amide bonds. The van der Waals surface area contributed by atoms with E-state index in [9.17, 15) is 0 Å². The average molecular weight is 478 g/mol. The summed E-state index contributed by atoms with van der Waals surface area (Å²) in [5, 5.41) is 4.23. The molecule has 30 heavy (non-hydrogen) atoms. The van der Waals surface area contributed by atoms with Crippen molar-refractivity contribution < 1.29 is 9.47 Å². The van der Waals surface area contributed by atoms with Gasteiger partial charge in [0, 0.05) is 17.1 Å². The van der Waals surface area contributed by atoms with E-state index in [1.807, 2.05) is 37.3 Å². The van der Waals surface area contributed by atoms with Gasteiger partial charge in [-0.15, -0.1) is 24.8 Å². The Morgan fingerprint density at radius 3 is 2.33 bits per heavy atom. The molecule has 0 aliphatic heterocycles. The first-order chi connectivity index (χ1) is 13.7. The van der Waals surface area contributed by atoms with E-state index in [1.54, 1.807) is 0 Å². The van der Waals surface area contributed by atoms with E-state index in [2.05, 4.69) is 36.2 Å². The molecule has 0 spiro atoms. The van der Waals surface area contributed by atoms with Crippen LogP contribution in [0.1, 0.15) is 38.3 Å². The summed E-state index contributed by atoms with van der Waals surface area (Å²) in [6.07, 6.45) is 1.15. The van der Waals surface area contributed by atoms with Crippen LogP contribution in [0.4, 0.5) is 0 Å². The molecule has 2 rings (SSSR count). The van der Waals surface area contributed by atoms with E-state index in [-0.39, 0.29) is 24.8 Å². The van der Waals surface area contributed by atoms with Crippen molar-refractivity contribution in [2.75, 3.05) is 32.8 Å². The number of ether oxygens (including phenoxy) is 2. The highest BCUT2D eigenvalue weighted by atomic mass is 35.5. The van der Waals surface area contributed by atoms with Gasteiger partial charge in [-0.2, -0.15) is 0 Å². The molecular formula is C23H35Cl3N2O2. The first kappa shape index (κ1) is 28.8. The molecule has 1 N–H and O–H groups in total. The number of hydrogen-bond acceptors (Lipinski definition) is 4. The number of benzene rings is 2. The van der Waals surface area contributed by atoms with E-state index in [4.69, 9.17) is 21.1 Å².